The van der Waals surface area contributed by atoms with Crippen LogP contribution in [0.25, 0.3) is 0 Å². The summed E-state index contributed by atoms with van der Waals surface area (Å²) in [5.74, 6) is 1.72. The normalized spacial score (nSPS) is 14.7. The molecule has 34 heavy (non-hydrogen) atoms. The summed E-state index contributed by atoms with van der Waals surface area (Å²) in [4.78, 5) is 20.6. The van der Waals surface area contributed by atoms with Crippen LogP contribution in [0.1, 0.15) is 39.4 Å². The lowest BCUT2D eigenvalue weighted by atomic mass is 10.2. The summed E-state index contributed by atoms with van der Waals surface area (Å²) in [5, 5.41) is 3.91. The van der Waals surface area contributed by atoms with Gasteiger partial charge in [0.2, 0.25) is 0 Å². The number of carbonyl (C=O) groups excluding carboxylic acids is 1. The number of aromatic nitrogens is 2. The number of halogens is 3. The fourth-order valence-corrected chi connectivity index (χ4v) is 3.83. The van der Waals surface area contributed by atoms with Gasteiger partial charge >= 0.3 is 6.18 Å². The van der Waals surface area contributed by atoms with E-state index in [1.807, 2.05) is 18.7 Å². The van der Waals surface area contributed by atoms with E-state index in [2.05, 4.69) is 10.1 Å². The molecule has 180 valence electrons. The molecule has 1 aromatic carbocycles. The Balaban J connectivity index is 1.34. The van der Waals surface area contributed by atoms with E-state index in [4.69, 9.17) is 9.26 Å². The number of benzene rings is 1. The first-order valence-electron chi connectivity index (χ1n) is 10.9. The van der Waals surface area contributed by atoms with Gasteiger partial charge < -0.3 is 19.1 Å². The number of carbonyl (C=O) groups is 1. The number of alkyl halides is 3. The number of anilines is 1. The van der Waals surface area contributed by atoms with Crippen molar-refractivity contribution in [2.75, 3.05) is 31.1 Å². The van der Waals surface area contributed by atoms with Gasteiger partial charge in [0.25, 0.3) is 5.91 Å². The van der Waals surface area contributed by atoms with Crippen LogP contribution in [0.4, 0.5) is 19.0 Å². The van der Waals surface area contributed by atoms with Gasteiger partial charge in [-0.05, 0) is 56.7 Å². The topological polar surface area (TPSA) is 71.7 Å². The Hall–Kier alpha value is -3.56. The van der Waals surface area contributed by atoms with Crippen molar-refractivity contribution in [3.8, 4) is 5.75 Å². The molecule has 0 atom stereocenters. The van der Waals surface area contributed by atoms with Crippen LogP contribution in [0.15, 0.2) is 47.1 Å². The number of hydrogen-bond acceptors (Lipinski definition) is 6. The molecule has 0 N–H and O–H groups in total. The average Bonchev–Trinajstić information content (AvgIpc) is 3.01. The van der Waals surface area contributed by atoms with Gasteiger partial charge in [0, 0.05) is 37.9 Å². The molecule has 0 saturated carbocycles. The largest absolute Gasteiger partial charge is 0.489 e. The molecule has 1 saturated heterocycles. The second kappa shape index (κ2) is 9.74. The van der Waals surface area contributed by atoms with E-state index in [1.165, 1.54) is 6.07 Å². The fraction of sp³-hybridized carbons (Fsp3) is 0.375. The molecule has 7 nitrogen and oxygen atoms in total. The number of amides is 1. The molecule has 0 aliphatic carbocycles. The van der Waals surface area contributed by atoms with E-state index >= 15 is 0 Å². The molecule has 1 aliphatic rings. The minimum absolute atomic E-state index is 0.0977. The maximum Gasteiger partial charge on any atom is 0.417 e. The zero-order valence-electron chi connectivity index (χ0n) is 18.9. The van der Waals surface area contributed by atoms with Gasteiger partial charge in [-0.1, -0.05) is 5.16 Å². The predicted molar refractivity (Wildman–Crippen MR) is 119 cm³/mol. The molecule has 1 aliphatic heterocycles. The van der Waals surface area contributed by atoms with Crippen LogP contribution in [-0.2, 0) is 12.8 Å². The zero-order valence-corrected chi connectivity index (χ0v) is 18.9. The zero-order chi connectivity index (χ0) is 24.3. The maximum atomic E-state index is 13.0. The maximum absolute atomic E-state index is 13.0. The Labute approximate surface area is 195 Å². The van der Waals surface area contributed by atoms with Crippen molar-refractivity contribution in [1.82, 2.24) is 15.0 Å². The first kappa shape index (κ1) is 23.6. The number of aryl methyl sites for hydroxylation is 2. The molecule has 3 aromatic rings. The Morgan fingerprint density at radius 1 is 1.06 bits per heavy atom. The third-order valence-electron chi connectivity index (χ3n) is 5.85. The molecule has 10 heteroatoms. The van der Waals surface area contributed by atoms with Crippen molar-refractivity contribution in [3.05, 3.63) is 70.7 Å². The SMILES string of the molecule is Cc1noc(C)c1COc1ccc(C(=O)N2CCCN(c3ccc(C(F)(F)F)cn3)CC2)cc1. The third-order valence-corrected chi connectivity index (χ3v) is 5.85. The Bertz CT molecular complexity index is 1110. The highest BCUT2D eigenvalue weighted by Crippen LogP contribution is 2.29. The minimum atomic E-state index is -4.41. The van der Waals surface area contributed by atoms with Crippen LogP contribution in [0, 0.1) is 13.8 Å². The van der Waals surface area contributed by atoms with E-state index < -0.39 is 11.7 Å². The van der Waals surface area contributed by atoms with Crippen LogP contribution >= 0.6 is 0 Å². The lowest BCUT2D eigenvalue weighted by Gasteiger charge is -2.23. The average molecular weight is 474 g/mol. The smallest absolute Gasteiger partial charge is 0.417 e. The van der Waals surface area contributed by atoms with E-state index in [-0.39, 0.29) is 5.91 Å². The highest BCUT2D eigenvalue weighted by atomic mass is 19.4. The predicted octanol–water partition coefficient (Wildman–Crippen LogP) is 4.64. The van der Waals surface area contributed by atoms with Gasteiger partial charge in [-0.25, -0.2) is 4.98 Å². The Morgan fingerprint density at radius 2 is 1.82 bits per heavy atom. The van der Waals surface area contributed by atoms with Gasteiger partial charge in [-0.15, -0.1) is 0 Å². The van der Waals surface area contributed by atoms with Crippen molar-refractivity contribution in [3.63, 3.8) is 0 Å². The Morgan fingerprint density at radius 3 is 2.44 bits per heavy atom. The molecular formula is C24H25F3N4O3. The second-order valence-electron chi connectivity index (χ2n) is 8.15. The van der Waals surface area contributed by atoms with Gasteiger partial charge in [0.15, 0.2) is 0 Å². The standard InChI is InChI=1S/C24H25F3N4O3/c1-16-21(17(2)34-29-16)15-33-20-7-4-18(5-8-20)23(32)31-11-3-10-30(12-13-31)22-9-6-19(14-28-22)24(25,26)27/h4-9,14H,3,10-13,15H2,1-2H3. The quantitative estimate of drug-likeness (QED) is 0.537. The van der Waals surface area contributed by atoms with Crippen molar-refractivity contribution in [2.45, 2.75) is 33.1 Å². The number of ether oxygens (including phenoxy) is 1. The van der Waals surface area contributed by atoms with Crippen molar-refractivity contribution in [1.29, 1.82) is 0 Å². The van der Waals surface area contributed by atoms with Gasteiger partial charge in [0.1, 0.15) is 23.9 Å². The molecular weight excluding hydrogens is 449 g/mol. The van der Waals surface area contributed by atoms with Crippen LogP contribution in [0.5, 0.6) is 5.75 Å². The number of pyridine rings is 1. The monoisotopic (exact) mass is 474 g/mol. The van der Waals surface area contributed by atoms with Crippen LogP contribution in [-0.4, -0.2) is 47.1 Å². The van der Waals surface area contributed by atoms with Crippen LogP contribution in [0.3, 0.4) is 0 Å². The highest BCUT2D eigenvalue weighted by molar-refractivity contribution is 5.94. The molecule has 1 fully saturated rings. The van der Waals surface area contributed by atoms with E-state index in [1.54, 1.807) is 29.2 Å². The molecule has 3 heterocycles. The van der Waals surface area contributed by atoms with Gasteiger partial charge in [-0.2, -0.15) is 13.2 Å². The highest BCUT2D eigenvalue weighted by Gasteiger charge is 2.31. The third kappa shape index (κ3) is 5.32. The molecule has 0 radical (unpaired) electrons. The van der Waals surface area contributed by atoms with Gasteiger partial charge in [0.05, 0.1) is 16.8 Å². The molecule has 1 amide bonds. The summed E-state index contributed by atoms with van der Waals surface area (Å²) < 4.78 is 49.3. The van der Waals surface area contributed by atoms with Crippen molar-refractivity contribution < 1.29 is 27.2 Å². The summed E-state index contributed by atoms with van der Waals surface area (Å²) in [5.41, 5.74) is 1.45. The first-order chi connectivity index (χ1) is 16.2. The lowest BCUT2D eigenvalue weighted by Crippen LogP contribution is -2.35. The second-order valence-corrected chi connectivity index (χ2v) is 8.15. The van der Waals surface area contributed by atoms with E-state index in [9.17, 15) is 18.0 Å². The summed E-state index contributed by atoms with van der Waals surface area (Å²) in [6.07, 6.45) is -2.88. The molecule has 2 aromatic heterocycles. The van der Waals surface area contributed by atoms with E-state index in [0.717, 1.165) is 23.5 Å². The van der Waals surface area contributed by atoms with Crippen molar-refractivity contribution in [2.24, 2.45) is 0 Å². The van der Waals surface area contributed by atoms with Crippen LogP contribution < -0.4 is 9.64 Å². The molecule has 4 rings (SSSR count). The fourth-order valence-electron chi connectivity index (χ4n) is 3.83. The van der Waals surface area contributed by atoms with E-state index in [0.29, 0.717) is 62.1 Å². The lowest BCUT2D eigenvalue weighted by molar-refractivity contribution is -0.137. The summed E-state index contributed by atoms with van der Waals surface area (Å²) in [6.45, 7) is 6.11. The van der Waals surface area contributed by atoms with Crippen molar-refractivity contribution >= 4 is 11.7 Å². The van der Waals surface area contributed by atoms with Crippen LogP contribution in [0.2, 0.25) is 0 Å². The summed E-state index contributed by atoms with van der Waals surface area (Å²) >= 11 is 0. The van der Waals surface area contributed by atoms with Gasteiger partial charge in [-0.3, -0.25) is 4.79 Å². The molecule has 0 spiro atoms. The number of nitrogens with zero attached hydrogens (tertiary/aromatic N) is 4. The molecule has 0 bridgehead atoms. The Kier molecular flexibility index (Phi) is 6.76. The minimum Gasteiger partial charge on any atom is -0.489 e. The summed E-state index contributed by atoms with van der Waals surface area (Å²) in [7, 11) is 0. The number of hydrogen-bond donors (Lipinski definition) is 0. The molecule has 0 unspecified atom stereocenters. The number of rotatable bonds is 5. The first-order valence-corrected chi connectivity index (χ1v) is 10.9. The summed E-state index contributed by atoms with van der Waals surface area (Å²) in [6, 6.07) is 9.37.